The minimum Gasteiger partial charge on any atom is -0.211 e. The van der Waals surface area contributed by atoms with Crippen molar-refractivity contribution in [3.8, 4) is 0 Å². The predicted octanol–water partition coefficient (Wildman–Crippen LogP) is 0.825. The second-order valence-corrected chi connectivity index (χ2v) is 2.37. The first-order chi connectivity index (χ1) is 5.20. The van der Waals surface area contributed by atoms with Crippen LogP contribution in [0.2, 0.25) is 0 Å². The number of aliphatic imine (C=N–C) groups is 2. The minimum absolute atomic E-state index is 0.125. The molecule has 0 bridgehead atoms. The van der Waals surface area contributed by atoms with Crippen LogP contribution in [0, 0.1) is 0 Å². The molecule has 0 saturated carbocycles. The van der Waals surface area contributed by atoms with E-state index in [1.54, 1.807) is 13.8 Å². The summed E-state index contributed by atoms with van der Waals surface area (Å²) in [6.07, 6.45) is 3.47. The Balaban J connectivity index is 3.83. The zero-order valence-electron chi connectivity index (χ0n) is 6.57. The van der Waals surface area contributed by atoms with E-state index in [1.807, 2.05) is 0 Å². The van der Waals surface area contributed by atoms with Gasteiger partial charge in [0.2, 0.25) is 12.2 Å². The summed E-state index contributed by atoms with van der Waals surface area (Å²) in [5, 5.41) is 0. The van der Waals surface area contributed by atoms with E-state index in [0.717, 1.165) is 0 Å². The van der Waals surface area contributed by atoms with Crippen LogP contribution in [0.5, 0.6) is 0 Å². The zero-order chi connectivity index (χ0) is 8.69. The van der Waals surface area contributed by atoms with Crippen LogP contribution >= 0.6 is 0 Å². The summed E-state index contributed by atoms with van der Waals surface area (Å²) >= 11 is 0. The maximum atomic E-state index is 9.76. The molecule has 0 rings (SSSR count). The second-order valence-electron chi connectivity index (χ2n) is 2.37. The Morgan fingerprint density at radius 1 is 1.09 bits per heavy atom. The van der Waals surface area contributed by atoms with E-state index in [2.05, 4.69) is 9.98 Å². The van der Waals surface area contributed by atoms with Crippen LogP contribution in [-0.2, 0) is 9.59 Å². The maximum absolute atomic E-state index is 9.76. The molecule has 0 aliphatic rings. The van der Waals surface area contributed by atoms with E-state index >= 15 is 0 Å². The van der Waals surface area contributed by atoms with E-state index in [1.165, 1.54) is 12.2 Å². The fourth-order valence-corrected chi connectivity index (χ4v) is 0.779. The summed E-state index contributed by atoms with van der Waals surface area (Å²) in [6.45, 7) is 3.53. The normalized spacial score (nSPS) is 14.0. The van der Waals surface area contributed by atoms with Crippen LogP contribution in [0.3, 0.4) is 0 Å². The number of nitrogens with zero attached hydrogens (tertiary/aromatic N) is 2. The Labute approximate surface area is 65.0 Å². The van der Waals surface area contributed by atoms with E-state index < -0.39 is 0 Å². The van der Waals surface area contributed by atoms with Gasteiger partial charge in [0, 0.05) is 0 Å². The zero-order valence-corrected chi connectivity index (χ0v) is 6.57. The summed E-state index contributed by atoms with van der Waals surface area (Å²) in [6, 6.07) is -0.251. The number of hydrogen-bond acceptors (Lipinski definition) is 4. The standard InChI is InChI=1S/C7H10N2O2/c1-6(8-4-10)3-7(2)9-5-11/h6-7H,3H2,1-2H3/t6-,7+. The molecule has 0 amide bonds. The molecular weight excluding hydrogens is 144 g/mol. The fraction of sp³-hybridized carbons (Fsp3) is 0.714. The first-order valence-electron chi connectivity index (χ1n) is 3.34. The molecule has 0 spiro atoms. The van der Waals surface area contributed by atoms with Crippen molar-refractivity contribution in [1.29, 1.82) is 0 Å². The summed E-state index contributed by atoms with van der Waals surface area (Å²) in [4.78, 5) is 26.4. The molecule has 4 nitrogen and oxygen atoms in total. The van der Waals surface area contributed by atoms with Gasteiger partial charge in [-0.15, -0.1) is 0 Å². The lowest BCUT2D eigenvalue weighted by Crippen LogP contribution is -2.07. The Bertz CT molecular complexity index is 180. The summed E-state index contributed by atoms with van der Waals surface area (Å²) in [5.74, 6) is 0. The van der Waals surface area contributed by atoms with Crippen LogP contribution in [0.15, 0.2) is 9.98 Å². The van der Waals surface area contributed by atoms with Crippen LogP contribution in [-0.4, -0.2) is 24.2 Å². The molecule has 0 aromatic carbocycles. The van der Waals surface area contributed by atoms with Crippen molar-refractivity contribution in [2.75, 3.05) is 0 Å². The van der Waals surface area contributed by atoms with Gasteiger partial charge in [-0.05, 0) is 20.3 Å². The van der Waals surface area contributed by atoms with Gasteiger partial charge in [-0.1, -0.05) is 0 Å². The van der Waals surface area contributed by atoms with Gasteiger partial charge in [0.05, 0.1) is 12.1 Å². The first-order valence-corrected chi connectivity index (χ1v) is 3.34. The van der Waals surface area contributed by atoms with Gasteiger partial charge in [-0.25, -0.2) is 19.6 Å². The largest absolute Gasteiger partial charge is 0.235 e. The van der Waals surface area contributed by atoms with Crippen molar-refractivity contribution < 1.29 is 9.59 Å². The van der Waals surface area contributed by atoms with Gasteiger partial charge in [-0.2, -0.15) is 0 Å². The molecule has 0 aliphatic carbocycles. The topological polar surface area (TPSA) is 58.9 Å². The Hall–Kier alpha value is -1.24. The fourth-order valence-electron chi connectivity index (χ4n) is 0.779. The number of isocyanates is 2. The van der Waals surface area contributed by atoms with Gasteiger partial charge in [-0.3, -0.25) is 0 Å². The SMILES string of the molecule is C[C@H](C[C@H](C)N=C=O)N=C=O. The average molecular weight is 154 g/mol. The van der Waals surface area contributed by atoms with Gasteiger partial charge in [0.1, 0.15) is 0 Å². The van der Waals surface area contributed by atoms with E-state index in [4.69, 9.17) is 0 Å². The third-order valence-corrected chi connectivity index (χ3v) is 1.23. The third kappa shape index (κ3) is 5.22. The quantitative estimate of drug-likeness (QED) is 0.444. The second kappa shape index (κ2) is 5.54. The third-order valence-electron chi connectivity index (χ3n) is 1.23. The molecule has 11 heavy (non-hydrogen) atoms. The van der Waals surface area contributed by atoms with Crippen molar-refractivity contribution in [3.05, 3.63) is 0 Å². The smallest absolute Gasteiger partial charge is 0.211 e. The monoisotopic (exact) mass is 154 g/mol. The van der Waals surface area contributed by atoms with Gasteiger partial charge in [0.15, 0.2) is 0 Å². The summed E-state index contributed by atoms with van der Waals surface area (Å²) in [7, 11) is 0. The van der Waals surface area contributed by atoms with E-state index in [9.17, 15) is 9.59 Å². The molecule has 0 unspecified atom stereocenters. The summed E-state index contributed by atoms with van der Waals surface area (Å²) in [5.41, 5.74) is 0. The molecule has 60 valence electrons. The molecule has 0 aromatic rings. The van der Waals surface area contributed by atoms with Crippen LogP contribution < -0.4 is 0 Å². The predicted molar refractivity (Wildman–Crippen MR) is 39.8 cm³/mol. The van der Waals surface area contributed by atoms with Gasteiger partial charge >= 0.3 is 0 Å². The van der Waals surface area contributed by atoms with Crippen molar-refractivity contribution in [3.63, 3.8) is 0 Å². The highest BCUT2D eigenvalue weighted by atomic mass is 16.1. The molecule has 0 saturated heterocycles. The Morgan fingerprint density at radius 3 is 1.73 bits per heavy atom. The highest BCUT2D eigenvalue weighted by Crippen LogP contribution is 2.03. The molecular formula is C7H10N2O2. The van der Waals surface area contributed by atoms with E-state index in [-0.39, 0.29) is 12.1 Å². The lowest BCUT2D eigenvalue weighted by Gasteiger charge is -2.04. The Morgan fingerprint density at radius 2 is 1.45 bits per heavy atom. The van der Waals surface area contributed by atoms with Gasteiger partial charge < -0.3 is 0 Å². The molecule has 2 atom stereocenters. The van der Waals surface area contributed by atoms with Crippen molar-refractivity contribution in [2.24, 2.45) is 9.98 Å². The number of rotatable bonds is 4. The maximum Gasteiger partial charge on any atom is 0.235 e. The molecule has 0 fully saturated rings. The van der Waals surface area contributed by atoms with E-state index in [0.29, 0.717) is 6.42 Å². The first kappa shape index (κ1) is 9.76. The highest BCUT2D eigenvalue weighted by Gasteiger charge is 2.04. The lowest BCUT2D eigenvalue weighted by molar-refractivity contribution is 0.535. The van der Waals surface area contributed by atoms with Gasteiger partial charge in [0.25, 0.3) is 0 Å². The molecule has 0 N–H and O–H groups in total. The molecule has 4 heteroatoms. The lowest BCUT2D eigenvalue weighted by atomic mass is 10.1. The molecule has 0 aliphatic heterocycles. The van der Waals surface area contributed by atoms with Crippen LogP contribution in [0.4, 0.5) is 0 Å². The molecule has 0 aromatic heterocycles. The average Bonchev–Trinajstić information content (AvgIpc) is 1.87. The van der Waals surface area contributed by atoms with Crippen molar-refractivity contribution in [2.45, 2.75) is 32.4 Å². The number of hydrogen-bond donors (Lipinski definition) is 0. The number of carbonyl (C=O) groups excluding carboxylic acids is 2. The summed E-state index contributed by atoms with van der Waals surface area (Å²) < 4.78 is 0. The highest BCUT2D eigenvalue weighted by molar-refractivity contribution is 5.34. The van der Waals surface area contributed by atoms with Crippen LogP contribution in [0.1, 0.15) is 20.3 Å². The van der Waals surface area contributed by atoms with Crippen molar-refractivity contribution in [1.82, 2.24) is 0 Å². The van der Waals surface area contributed by atoms with Crippen LogP contribution in [0.25, 0.3) is 0 Å². The minimum atomic E-state index is -0.125. The van der Waals surface area contributed by atoms with Crippen molar-refractivity contribution >= 4 is 12.2 Å². The molecule has 0 heterocycles. The Kier molecular flexibility index (Phi) is 4.91. The molecule has 0 radical (unpaired) electrons.